The molecule has 21 heavy (non-hydrogen) atoms. The molecule has 0 aromatic carbocycles. The average Bonchev–Trinajstić information content (AvgIpc) is 2.44. The molecule has 124 valence electrons. The zero-order valence-corrected chi connectivity index (χ0v) is 12.5. The van der Waals surface area contributed by atoms with Crippen LogP contribution < -0.4 is 10.6 Å². The van der Waals surface area contributed by atoms with E-state index in [1.807, 2.05) is 0 Å². The van der Waals surface area contributed by atoms with E-state index >= 15 is 0 Å². The summed E-state index contributed by atoms with van der Waals surface area (Å²) in [7, 11) is 1.64. The molecule has 0 aromatic heterocycles. The molecule has 0 aliphatic rings. The SMILES string of the molecule is CN[C@@H](CCC(=O)NC[C@H](O)[C@@H](O)C[C@H](O)CO)C(C)=O. The van der Waals surface area contributed by atoms with Crippen LogP contribution in [0.2, 0.25) is 0 Å². The Hall–Kier alpha value is -1.06. The third kappa shape index (κ3) is 8.74. The quantitative estimate of drug-likeness (QED) is 0.248. The monoisotopic (exact) mass is 306 g/mol. The van der Waals surface area contributed by atoms with Crippen molar-refractivity contribution in [2.24, 2.45) is 0 Å². The number of ketones is 1. The molecule has 0 spiro atoms. The van der Waals surface area contributed by atoms with Gasteiger partial charge in [0.05, 0.1) is 31.0 Å². The summed E-state index contributed by atoms with van der Waals surface area (Å²) >= 11 is 0. The Bertz CT molecular complexity index is 326. The fourth-order valence-electron chi connectivity index (χ4n) is 1.78. The lowest BCUT2D eigenvalue weighted by Crippen LogP contribution is -2.41. The van der Waals surface area contributed by atoms with Gasteiger partial charge in [0.2, 0.25) is 5.91 Å². The Morgan fingerprint density at radius 2 is 1.76 bits per heavy atom. The number of carbonyl (C=O) groups excluding carboxylic acids is 2. The predicted octanol–water partition coefficient (Wildman–Crippen LogP) is -2.48. The van der Waals surface area contributed by atoms with Gasteiger partial charge in [-0.1, -0.05) is 0 Å². The van der Waals surface area contributed by atoms with Crippen molar-refractivity contribution in [1.29, 1.82) is 0 Å². The summed E-state index contributed by atoms with van der Waals surface area (Å²) in [5.74, 6) is -0.399. The van der Waals surface area contributed by atoms with Crippen molar-refractivity contribution < 1.29 is 30.0 Å². The average molecular weight is 306 g/mol. The van der Waals surface area contributed by atoms with Gasteiger partial charge in [-0.3, -0.25) is 9.59 Å². The molecule has 0 aliphatic carbocycles. The topological polar surface area (TPSA) is 139 Å². The van der Waals surface area contributed by atoms with Crippen molar-refractivity contribution in [1.82, 2.24) is 10.6 Å². The molecule has 0 bridgehead atoms. The van der Waals surface area contributed by atoms with E-state index in [1.54, 1.807) is 7.05 Å². The van der Waals surface area contributed by atoms with Crippen LogP contribution in [0.1, 0.15) is 26.2 Å². The first-order valence-electron chi connectivity index (χ1n) is 6.91. The summed E-state index contributed by atoms with van der Waals surface area (Å²) in [5, 5.41) is 42.1. The van der Waals surface area contributed by atoms with Crippen LogP contribution in [0.4, 0.5) is 0 Å². The fraction of sp³-hybridized carbons (Fsp3) is 0.846. The number of nitrogens with one attached hydrogen (secondary N) is 2. The minimum absolute atomic E-state index is 0.0567. The number of hydrogen-bond acceptors (Lipinski definition) is 7. The van der Waals surface area contributed by atoms with Crippen LogP contribution in [0.3, 0.4) is 0 Å². The first-order valence-corrected chi connectivity index (χ1v) is 6.91. The third-order valence-electron chi connectivity index (χ3n) is 3.18. The number of rotatable bonds is 11. The summed E-state index contributed by atoms with van der Waals surface area (Å²) < 4.78 is 0. The second-order valence-electron chi connectivity index (χ2n) is 5.00. The van der Waals surface area contributed by atoms with Gasteiger partial charge in [-0.05, 0) is 20.4 Å². The van der Waals surface area contributed by atoms with Gasteiger partial charge in [0.1, 0.15) is 5.78 Å². The van der Waals surface area contributed by atoms with E-state index in [1.165, 1.54) is 6.92 Å². The number of aliphatic hydroxyl groups is 4. The fourth-order valence-corrected chi connectivity index (χ4v) is 1.78. The van der Waals surface area contributed by atoms with Gasteiger partial charge < -0.3 is 31.1 Å². The first kappa shape index (κ1) is 19.9. The second-order valence-corrected chi connectivity index (χ2v) is 5.00. The van der Waals surface area contributed by atoms with Gasteiger partial charge >= 0.3 is 0 Å². The Balaban J connectivity index is 3.99. The summed E-state index contributed by atoms with van der Waals surface area (Å²) in [4.78, 5) is 22.7. The number of aliphatic hydroxyl groups excluding tert-OH is 4. The van der Waals surface area contributed by atoms with Gasteiger partial charge in [0.25, 0.3) is 0 Å². The lowest BCUT2D eigenvalue weighted by Gasteiger charge is -2.20. The van der Waals surface area contributed by atoms with E-state index in [0.717, 1.165) is 0 Å². The first-order chi connectivity index (χ1) is 9.81. The van der Waals surface area contributed by atoms with Crippen LogP contribution in [0.15, 0.2) is 0 Å². The Labute approximate surface area is 124 Å². The number of amides is 1. The van der Waals surface area contributed by atoms with Crippen molar-refractivity contribution >= 4 is 11.7 Å². The van der Waals surface area contributed by atoms with Gasteiger partial charge in [-0.2, -0.15) is 0 Å². The van der Waals surface area contributed by atoms with E-state index in [-0.39, 0.29) is 37.1 Å². The molecule has 0 saturated carbocycles. The van der Waals surface area contributed by atoms with Crippen LogP contribution in [-0.2, 0) is 9.59 Å². The second kappa shape index (κ2) is 10.6. The standard InChI is InChI=1S/C13H26N2O6/c1-8(17)10(14-2)3-4-13(21)15-6-12(20)11(19)5-9(18)7-16/h9-12,14,16,18-20H,3-7H2,1-2H3,(H,15,21)/t9-,10-,11-,12-/m0/s1. The van der Waals surface area contributed by atoms with Crippen LogP contribution >= 0.6 is 0 Å². The van der Waals surface area contributed by atoms with E-state index < -0.39 is 24.9 Å². The minimum Gasteiger partial charge on any atom is -0.394 e. The highest BCUT2D eigenvalue weighted by Crippen LogP contribution is 2.03. The van der Waals surface area contributed by atoms with Gasteiger partial charge in [-0.15, -0.1) is 0 Å². The minimum atomic E-state index is -1.24. The zero-order chi connectivity index (χ0) is 16.4. The smallest absolute Gasteiger partial charge is 0.220 e. The predicted molar refractivity (Wildman–Crippen MR) is 75.5 cm³/mol. The van der Waals surface area contributed by atoms with E-state index in [2.05, 4.69) is 10.6 Å². The maximum Gasteiger partial charge on any atom is 0.220 e. The molecule has 0 rings (SSSR count). The molecular weight excluding hydrogens is 280 g/mol. The Kier molecular flexibility index (Phi) is 10.1. The molecule has 6 N–H and O–H groups in total. The molecule has 0 aromatic rings. The number of hydrogen-bond donors (Lipinski definition) is 6. The highest BCUT2D eigenvalue weighted by Gasteiger charge is 2.20. The normalized spacial score (nSPS) is 16.9. The molecule has 0 heterocycles. The molecule has 0 radical (unpaired) electrons. The number of likely N-dealkylation sites (N-methyl/N-ethyl adjacent to an activating group) is 1. The van der Waals surface area contributed by atoms with Crippen LogP contribution in [-0.4, -0.2) is 76.7 Å². The highest BCUT2D eigenvalue weighted by molar-refractivity contribution is 5.82. The lowest BCUT2D eigenvalue weighted by molar-refractivity contribution is -0.122. The summed E-state index contributed by atoms with van der Waals surface area (Å²) in [6.45, 7) is 0.765. The molecule has 8 heteroatoms. The molecule has 0 unspecified atom stereocenters. The van der Waals surface area contributed by atoms with Crippen LogP contribution in [0.5, 0.6) is 0 Å². The van der Waals surface area contributed by atoms with Crippen LogP contribution in [0.25, 0.3) is 0 Å². The number of Topliss-reactive ketones (excluding diaryl/α,β-unsaturated/α-hetero) is 1. The van der Waals surface area contributed by atoms with E-state index in [4.69, 9.17) is 10.2 Å². The highest BCUT2D eigenvalue weighted by atomic mass is 16.3. The van der Waals surface area contributed by atoms with Crippen molar-refractivity contribution in [2.75, 3.05) is 20.2 Å². The van der Waals surface area contributed by atoms with Gasteiger partial charge in [-0.25, -0.2) is 0 Å². The Morgan fingerprint density at radius 3 is 2.24 bits per heavy atom. The number of carbonyl (C=O) groups is 2. The van der Waals surface area contributed by atoms with Crippen molar-refractivity contribution in [2.45, 2.75) is 50.5 Å². The molecule has 0 fully saturated rings. The van der Waals surface area contributed by atoms with Gasteiger partial charge in [0, 0.05) is 19.4 Å². The molecular formula is C13H26N2O6. The molecule has 4 atom stereocenters. The maximum absolute atomic E-state index is 11.6. The van der Waals surface area contributed by atoms with Crippen molar-refractivity contribution in [3.63, 3.8) is 0 Å². The van der Waals surface area contributed by atoms with Crippen molar-refractivity contribution in [3.05, 3.63) is 0 Å². The van der Waals surface area contributed by atoms with Crippen molar-refractivity contribution in [3.8, 4) is 0 Å². The maximum atomic E-state index is 11.6. The van der Waals surface area contributed by atoms with E-state index in [0.29, 0.717) is 6.42 Å². The summed E-state index contributed by atoms with van der Waals surface area (Å²) in [6, 6.07) is -0.383. The summed E-state index contributed by atoms with van der Waals surface area (Å²) in [5.41, 5.74) is 0. The molecule has 8 nitrogen and oxygen atoms in total. The van der Waals surface area contributed by atoms with E-state index in [9.17, 15) is 19.8 Å². The summed E-state index contributed by atoms with van der Waals surface area (Å²) in [6.07, 6.45) is -3.30. The van der Waals surface area contributed by atoms with Crippen LogP contribution in [0, 0.1) is 0 Å². The molecule has 0 aliphatic heterocycles. The lowest BCUT2D eigenvalue weighted by atomic mass is 10.1. The zero-order valence-electron chi connectivity index (χ0n) is 12.5. The third-order valence-corrected chi connectivity index (χ3v) is 3.18. The molecule has 0 saturated heterocycles. The molecule has 1 amide bonds. The van der Waals surface area contributed by atoms with Gasteiger partial charge in [0.15, 0.2) is 0 Å². The largest absolute Gasteiger partial charge is 0.394 e. The Morgan fingerprint density at radius 1 is 1.14 bits per heavy atom.